The monoisotopic (exact) mass is 384 g/mol. The molecule has 1 saturated heterocycles. The van der Waals surface area contributed by atoms with Crippen molar-refractivity contribution >= 4 is 11.8 Å². The summed E-state index contributed by atoms with van der Waals surface area (Å²) in [7, 11) is 1.60. The minimum atomic E-state index is -0.218. The first kappa shape index (κ1) is 19.6. The van der Waals surface area contributed by atoms with Crippen molar-refractivity contribution in [1.29, 1.82) is 0 Å². The third kappa shape index (κ3) is 4.97. The molecule has 1 atom stereocenters. The van der Waals surface area contributed by atoms with Gasteiger partial charge in [-0.05, 0) is 25.0 Å². The van der Waals surface area contributed by atoms with Crippen LogP contribution < -0.4 is 14.8 Å². The Labute approximate surface area is 163 Å². The van der Waals surface area contributed by atoms with Gasteiger partial charge in [0.25, 0.3) is 0 Å². The van der Waals surface area contributed by atoms with Crippen molar-refractivity contribution in [3.8, 4) is 17.4 Å². The number of piperidine rings is 1. The number of carbonyl (C=O) groups excluding carboxylic acids is 2. The number of aromatic nitrogens is 2. The fraction of sp³-hybridized carbons (Fsp3) is 0.400. The lowest BCUT2D eigenvalue weighted by atomic mass is 9.94. The first-order valence-corrected chi connectivity index (χ1v) is 9.22. The molecule has 1 aromatic heterocycles. The lowest BCUT2D eigenvalue weighted by Crippen LogP contribution is -2.44. The van der Waals surface area contributed by atoms with Gasteiger partial charge >= 0.3 is 0 Å². The topological polar surface area (TPSA) is 93.7 Å². The molecule has 1 fully saturated rings. The second-order valence-electron chi connectivity index (χ2n) is 6.62. The molecule has 8 nitrogen and oxygen atoms in total. The second-order valence-corrected chi connectivity index (χ2v) is 6.62. The van der Waals surface area contributed by atoms with Crippen LogP contribution in [0.3, 0.4) is 0 Å². The van der Waals surface area contributed by atoms with Crippen molar-refractivity contribution in [1.82, 2.24) is 20.2 Å². The lowest BCUT2D eigenvalue weighted by Gasteiger charge is -2.32. The van der Waals surface area contributed by atoms with E-state index in [1.807, 2.05) is 18.2 Å². The van der Waals surface area contributed by atoms with E-state index >= 15 is 0 Å². The molecule has 0 aliphatic carbocycles. The summed E-state index contributed by atoms with van der Waals surface area (Å²) < 4.78 is 11.2. The summed E-state index contributed by atoms with van der Waals surface area (Å²) in [5.74, 6) is 1.43. The molecule has 0 saturated carbocycles. The first-order chi connectivity index (χ1) is 13.6. The fourth-order valence-electron chi connectivity index (χ4n) is 3.21. The van der Waals surface area contributed by atoms with Crippen molar-refractivity contribution in [3.63, 3.8) is 0 Å². The first-order valence-electron chi connectivity index (χ1n) is 9.22. The van der Waals surface area contributed by atoms with E-state index in [2.05, 4.69) is 15.3 Å². The Morgan fingerprint density at radius 1 is 1.25 bits per heavy atom. The van der Waals surface area contributed by atoms with E-state index in [1.165, 1.54) is 6.92 Å². The number of carbonyl (C=O) groups is 2. The average molecular weight is 384 g/mol. The molecule has 28 heavy (non-hydrogen) atoms. The molecule has 3 rings (SSSR count). The molecule has 0 unspecified atom stereocenters. The van der Waals surface area contributed by atoms with Crippen LogP contribution in [0.2, 0.25) is 0 Å². The summed E-state index contributed by atoms with van der Waals surface area (Å²) >= 11 is 0. The average Bonchev–Trinajstić information content (AvgIpc) is 2.72. The number of rotatable bonds is 6. The van der Waals surface area contributed by atoms with Crippen molar-refractivity contribution < 1.29 is 19.1 Å². The Balaban J connectivity index is 1.74. The van der Waals surface area contributed by atoms with Crippen LogP contribution in [0.15, 0.2) is 36.7 Å². The maximum absolute atomic E-state index is 12.4. The molecule has 1 N–H and O–H groups in total. The smallest absolute Gasteiger partial charge is 0.241 e. The molecule has 2 amide bonds. The molecule has 1 aromatic carbocycles. The third-order valence-electron chi connectivity index (χ3n) is 4.60. The minimum Gasteiger partial charge on any atom is -0.497 e. The van der Waals surface area contributed by atoms with E-state index in [-0.39, 0.29) is 24.3 Å². The van der Waals surface area contributed by atoms with E-state index in [0.29, 0.717) is 30.5 Å². The number of nitrogens with zero attached hydrogens (tertiary/aromatic N) is 3. The van der Waals surface area contributed by atoms with Gasteiger partial charge in [-0.1, -0.05) is 6.07 Å². The van der Waals surface area contributed by atoms with Gasteiger partial charge in [-0.2, -0.15) is 0 Å². The quantitative estimate of drug-likeness (QED) is 0.820. The maximum Gasteiger partial charge on any atom is 0.241 e. The summed E-state index contributed by atoms with van der Waals surface area (Å²) in [5, 5.41) is 2.56. The van der Waals surface area contributed by atoms with E-state index in [4.69, 9.17) is 9.47 Å². The number of amides is 2. The van der Waals surface area contributed by atoms with Crippen LogP contribution in [0.1, 0.15) is 31.4 Å². The maximum atomic E-state index is 12.4. The predicted octanol–water partition coefficient (Wildman–Crippen LogP) is 2.12. The molecular formula is C20H24N4O4. The number of nitrogens with one attached hydrogen (secondary N) is 1. The molecule has 0 radical (unpaired) electrons. The van der Waals surface area contributed by atoms with E-state index in [1.54, 1.807) is 30.5 Å². The van der Waals surface area contributed by atoms with Gasteiger partial charge in [0.05, 0.1) is 13.7 Å². The fourth-order valence-corrected chi connectivity index (χ4v) is 3.21. The van der Waals surface area contributed by atoms with Crippen LogP contribution in [-0.4, -0.2) is 53.4 Å². The summed E-state index contributed by atoms with van der Waals surface area (Å²) in [6.07, 6.45) is 4.95. The Hall–Kier alpha value is -3.16. The Kier molecular flexibility index (Phi) is 6.41. The van der Waals surface area contributed by atoms with Gasteiger partial charge in [0.2, 0.25) is 17.7 Å². The highest BCUT2D eigenvalue weighted by molar-refractivity contribution is 5.83. The zero-order valence-electron chi connectivity index (χ0n) is 16.1. The summed E-state index contributed by atoms with van der Waals surface area (Å²) in [6.45, 7) is 2.59. The van der Waals surface area contributed by atoms with Crippen LogP contribution >= 0.6 is 0 Å². The van der Waals surface area contributed by atoms with Gasteiger partial charge in [-0.3, -0.25) is 14.6 Å². The number of ether oxygens (including phenoxy) is 2. The Morgan fingerprint density at radius 2 is 2.04 bits per heavy atom. The highest BCUT2D eigenvalue weighted by atomic mass is 16.5. The normalized spacial score (nSPS) is 16.4. The molecule has 0 spiro atoms. The van der Waals surface area contributed by atoms with Crippen LogP contribution in [-0.2, 0) is 9.59 Å². The van der Waals surface area contributed by atoms with E-state index in [0.717, 1.165) is 18.5 Å². The highest BCUT2D eigenvalue weighted by Gasteiger charge is 2.28. The summed E-state index contributed by atoms with van der Waals surface area (Å²) in [5.41, 5.74) is 0.724. The number of methoxy groups -OCH3 is 1. The van der Waals surface area contributed by atoms with Crippen LogP contribution in [0.25, 0.3) is 0 Å². The van der Waals surface area contributed by atoms with Gasteiger partial charge in [0.15, 0.2) is 0 Å². The number of hydrogen-bond donors (Lipinski definition) is 1. The molecule has 0 bridgehead atoms. The van der Waals surface area contributed by atoms with Crippen molar-refractivity contribution in [3.05, 3.63) is 42.4 Å². The summed E-state index contributed by atoms with van der Waals surface area (Å²) in [4.78, 5) is 34.0. The third-order valence-corrected chi connectivity index (χ3v) is 4.60. The van der Waals surface area contributed by atoms with E-state index < -0.39 is 0 Å². The molecule has 1 aliphatic heterocycles. The largest absolute Gasteiger partial charge is 0.497 e. The van der Waals surface area contributed by atoms with Crippen molar-refractivity contribution in [2.24, 2.45) is 0 Å². The Bertz CT molecular complexity index is 842. The minimum absolute atomic E-state index is 0.00961. The van der Waals surface area contributed by atoms with Crippen LogP contribution in [0.4, 0.5) is 0 Å². The van der Waals surface area contributed by atoms with E-state index in [9.17, 15) is 9.59 Å². The molecule has 2 aromatic rings. The van der Waals surface area contributed by atoms with Gasteiger partial charge in [0.1, 0.15) is 17.2 Å². The molecule has 148 valence electrons. The molecule has 1 aliphatic rings. The van der Waals surface area contributed by atoms with Gasteiger partial charge < -0.3 is 19.7 Å². The highest BCUT2D eigenvalue weighted by Crippen LogP contribution is 2.33. The van der Waals surface area contributed by atoms with Crippen LogP contribution in [0.5, 0.6) is 17.4 Å². The van der Waals surface area contributed by atoms with Crippen LogP contribution in [0, 0.1) is 0 Å². The zero-order chi connectivity index (χ0) is 19.9. The Morgan fingerprint density at radius 3 is 2.82 bits per heavy atom. The number of benzene rings is 1. The lowest BCUT2D eigenvalue weighted by molar-refractivity contribution is -0.133. The van der Waals surface area contributed by atoms with Crippen molar-refractivity contribution in [2.75, 3.05) is 26.7 Å². The molecule has 2 heterocycles. The van der Waals surface area contributed by atoms with Gasteiger partial charge in [0, 0.05) is 44.4 Å². The summed E-state index contributed by atoms with van der Waals surface area (Å²) in [6, 6.07) is 7.28. The second kappa shape index (κ2) is 9.16. The standard InChI is InChI=1S/C20H24N4O4/c1-14(25)23-12-18(26)24-10-4-5-15(13-24)19-20(22-9-8-21-19)28-17-7-3-6-16(11-17)27-2/h3,6-9,11,15H,4-5,10,12-13H2,1-2H3,(H,23,25)/t15-/m1/s1. The van der Waals surface area contributed by atoms with Gasteiger partial charge in [-0.25, -0.2) is 4.98 Å². The van der Waals surface area contributed by atoms with Crippen molar-refractivity contribution in [2.45, 2.75) is 25.7 Å². The number of hydrogen-bond acceptors (Lipinski definition) is 6. The van der Waals surface area contributed by atoms with Gasteiger partial charge in [-0.15, -0.1) is 0 Å². The molecular weight excluding hydrogens is 360 g/mol. The predicted molar refractivity (Wildman–Crippen MR) is 102 cm³/mol. The zero-order valence-corrected chi connectivity index (χ0v) is 16.1. The SMILES string of the molecule is COc1cccc(Oc2nccnc2[C@@H]2CCCN(C(=O)CNC(C)=O)C2)c1. The molecule has 8 heteroatoms. The number of likely N-dealkylation sites (tertiary alicyclic amines) is 1.